The third-order valence-electron chi connectivity index (χ3n) is 5.65. The zero-order valence-electron chi connectivity index (χ0n) is 17.7. The molecule has 0 aromatic heterocycles. The highest BCUT2D eigenvalue weighted by atomic mass is 35.5. The number of benzene rings is 3. The highest BCUT2D eigenvalue weighted by Crippen LogP contribution is 2.28. The Morgan fingerprint density at radius 1 is 1.03 bits per heavy atom. The van der Waals surface area contributed by atoms with Gasteiger partial charge in [0, 0.05) is 36.4 Å². The van der Waals surface area contributed by atoms with Gasteiger partial charge < -0.3 is 10.2 Å². The summed E-state index contributed by atoms with van der Waals surface area (Å²) in [6.07, 6.45) is 0. The molecule has 3 N–H and O–H groups in total. The summed E-state index contributed by atoms with van der Waals surface area (Å²) in [5.41, 5.74) is 9.73. The number of carbonyl (C=O) groups is 2. The topological polar surface area (TPSA) is 73.5 Å². The highest BCUT2D eigenvalue weighted by Gasteiger charge is 2.35. The number of hydrogen-bond donors (Lipinski definition) is 3. The van der Waals surface area contributed by atoms with Crippen LogP contribution in [0.2, 0.25) is 5.02 Å². The van der Waals surface area contributed by atoms with Gasteiger partial charge in [-0.1, -0.05) is 60.1 Å². The molecule has 4 rings (SSSR count). The van der Waals surface area contributed by atoms with Crippen LogP contribution in [0, 0.1) is 5.92 Å². The SMILES string of the molecule is CN(C(=O)C1CNNC1c1ccc(CNC(=O)c2cccc(Cl)c2)cc1)c1ccccc1. The summed E-state index contributed by atoms with van der Waals surface area (Å²) in [4.78, 5) is 27.1. The number of carbonyl (C=O) groups excluding carboxylic acids is 2. The fourth-order valence-corrected chi connectivity index (χ4v) is 4.02. The van der Waals surface area contributed by atoms with Gasteiger partial charge in [0.2, 0.25) is 5.91 Å². The number of amides is 2. The first-order chi connectivity index (χ1) is 15.5. The Hall–Kier alpha value is -3.19. The van der Waals surface area contributed by atoms with E-state index in [0.717, 1.165) is 16.8 Å². The Labute approximate surface area is 192 Å². The third-order valence-corrected chi connectivity index (χ3v) is 5.89. The van der Waals surface area contributed by atoms with Crippen molar-refractivity contribution in [3.8, 4) is 0 Å². The maximum Gasteiger partial charge on any atom is 0.251 e. The Bertz CT molecular complexity index is 1090. The second-order valence-electron chi connectivity index (χ2n) is 7.78. The van der Waals surface area contributed by atoms with Gasteiger partial charge in [-0.05, 0) is 41.5 Å². The van der Waals surface area contributed by atoms with Gasteiger partial charge in [0.25, 0.3) is 5.91 Å². The Kier molecular flexibility index (Phi) is 6.85. The molecule has 1 aliphatic heterocycles. The van der Waals surface area contributed by atoms with Crippen molar-refractivity contribution in [3.05, 3.63) is 101 Å². The first kappa shape index (κ1) is 22.0. The van der Waals surface area contributed by atoms with E-state index in [2.05, 4.69) is 16.2 Å². The average Bonchev–Trinajstić information content (AvgIpc) is 3.32. The van der Waals surface area contributed by atoms with Crippen LogP contribution >= 0.6 is 11.6 Å². The number of nitrogens with one attached hydrogen (secondary N) is 3. The van der Waals surface area contributed by atoms with Crippen LogP contribution in [0.5, 0.6) is 0 Å². The second-order valence-corrected chi connectivity index (χ2v) is 8.21. The normalized spacial score (nSPS) is 17.7. The minimum Gasteiger partial charge on any atom is -0.348 e. The van der Waals surface area contributed by atoms with Crippen molar-refractivity contribution in [1.29, 1.82) is 0 Å². The maximum absolute atomic E-state index is 13.1. The summed E-state index contributed by atoms with van der Waals surface area (Å²) < 4.78 is 0. The quantitative estimate of drug-likeness (QED) is 0.537. The van der Waals surface area contributed by atoms with E-state index in [9.17, 15) is 9.59 Å². The number of para-hydroxylation sites is 1. The van der Waals surface area contributed by atoms with Crippen LogP contribution in [0.1, 0.15) is 27.5 Å². The van der Waals surface area contributed by atoms with Gasteiger partial charge in [-0.25, -0.2) is 5.43 Å². The molecular formula is C25H25ClN4O2. The van der Waals surface area contributed by atoms with Gasteiger partial charge in [0.15, 0.2) is 0 Å². The summed E-state index contributed by atoms with van der Waals surface area (Å²) >= 11 is 5.96. The van der Waals surface area contributed by atoms with Crippen molar-refractivity contribution in [2.45, 2.75) is 12.6 Å². The van der Waals surface area contributed by atoms with E-state index in [4.69, 9.17) is 11.6 Å². The molecule has 1 fully saturated rings. The molecule has 2 unspecified atom stereocenters. The fraction of sp³-hybridized carbons (Fsp3) is 0.200. The zero-order chi connectivity index (χ0) is 22.5. The maximum atomic E-state index is 13.1. The predicted molar refractivity (Wildman–Crippen MR) is 126 cm³/mol. The molecule has 0 aliphatic carbocycles. The van der Waals surface area contributed by atoms with Gasteiger partial charge in [0.05, 0.1) is 12.0 Å². The number of halogens is 1. The molecule has 0 radical (unpaired) electrons. The second kappa shape index (κ2) is 9.96. The number of hydrogen-bond acceptors (Lipinski definition) is 4. The third kappa shape index (κ3) is 4.99. The predicted octanol–water partition coefficient (Wildman–Crippen LogP) is 3.70. The van der Waals surface area contributed by atoms with Crippen molar-refractivity contribution < 1.29 is 9.59 Å². The van der Waals surface area contributed by atoms with Crippen LogP contribution in [0.3, 0.4) is 0 Å². The highest BCUT2D eigenvalue weighted by molar-refractivity contribution is 6.30. The molecule has 164 valence electrons. The molecule has 7 heteroatoms. The number of nitrogens with zero attached hydrogens (tertiary/aromatic N) is 1. The molecule has 2 amide bonds. The van der Waals surface area contributed by atoms with Crippen LogP contribution in [-0.4, -0.2) is 25.4 Å². The summed E-state index contributed by atoms with van der Waals surface area (Å²) in [7, 11) is 1.80. The molecule has 0 saturated carbocycles. The Morgan fingerprint density at radius 3 is 2.50 bits per heavy atom. The molecule has 32 heavy (non-hydrogen) atoms. The van der Waals surface area contributed by atoms with Crippen molar-refractivity contribution in [2.24, 2.45) is 5.92 Å². The van der Waals surface area contributed by atoms with E-state index in [-0.39, 0.29) is 23.8 Å². The first-order valence-corrected chi connectivity index (χ1v) is 10.8. The van der Waals surface area contributed by atoms with Crippen LogP contribution in [0.4, 0.5) is 5.69 Å². The number of hydrazine groups is 1. The van der Waals surface area contributed by atoms with Crippen LogP contribution in [0.15, 0.2) is 78.9 Å². The first-order valence-electron chi connectivity index (χ1n) is 10.5. The summed E-state index contributed by atoms with van der Waals surface area (Å²) in [5, 5.41) is 3.43. The van der Waals surface area contributed by atoms with Crippen molar-refractivity contribution in [1.82, 2.24) is 16.2 Å². The van der Waals surface area contributed by atoms with E-state index in [1.807, 2.05) is 54.6 Å². The summed E-state index contributed by atoms with van der Waals surface area (Å²) in [6.45, 7) is 0.958. The van der Waals surface area contributed by atoms with E-state index >= 15 is 0 Å². The minimum absolute atomic E-state index is 0.0524. The van der Waals surface area contributed by atoms with Crippen molar-refractivity contribution in [3.63, 3.8) is 0 Å². The Morgan fingerprint density at radius 2 is 1.78 bits per heavy atom. The Balaban J connectivity index is 1.39. The lowest BCUT2D eigenvalue weighted by Crippen LogP contribution is -2.36. The molecule has 3 aromatic rings. The van der Waals surface area contributed by atoms with E-state index in [0.29, 0.717) is 23.7 Å². The van der Waals surface area contributed by atoms with Crippen LogP contribution < -0.4 is 21.1 Å². The molecule has 1 aliphatic rings. The van der Waals surface area contributed by atoms with Crippen LogP contribution in [-0.2, 0) is 11.3 Å². The molecular weight excluding hydrogens is 424 g/mol. The lowest BCUT2D eigenvalue weighted by molar-refractivity contribution is -0.122. The summed E-state index contributed by atoms with van der Waals surface area (Å²) in [6, 6.07) is 24.3. The lowest BCUT2D eigenvalue weighted by Gasteiger charge is -2.24. The molecule has 3 aromatic carbocycles. The van der Waals surface area contributed by atoms with E-state index < -0.39 is 0 Å². The molecule has 2 atom stereocenters. The standard InChI is InChI=1S/C25H25ClN4O2/c1-30(21-8-3-2-4-9-21)25(32)22-16-28-29-23(22)18-12-10-17(11-13-18)15-27-24(31)19-6-5-7-20(26)14-19/h2-14,22-23,28-29H,15-16H2,1H3,(H,27,31). The number of anilines is 1. The average molecular weight is 449 g/mol. The molecule has 0 spiro atoms. The number of rotatable bonds is 6. The van der Waals surface area contributed by atoms with Gasteiger partial charge in [-0.3, -0.25) is 15.0 Å². The van der Waals surface area contributed by atoms with E-state index in [1.54, 1.807) is 36.2 Å². The fourth-order valence-electron chi connectivity index (χ4n) is 3.83. The molecule has 0 bridgehead atoms. The monoisotopic (exact) mass is 448 g/mol. The van der Waals surface area contributed by atoms with Crippen molar-refractivity contribution >= 4 is 29.1 Å². The van der Waals surface area contributed by atoms with Crippen molar-refractivity contribution in [2.75, 3.05) is 18.5 Å². The van der Waals surface area contributed by atoms with Gasteiger partial charge in [0.1, 0.15) is 0 Å². The molecule has 1 saturated heterocycles. The lowest BCUT2D eigenvalue weighted by atomic mass is 9.93. The minimum atomic E-state index is -0.228. The largest absolute Gasteiger partial charge is 0.348 e. The zero-order valence-corrected chi connectivity index (χ0v) is 18.5. The molecule has 1 heterocycles. The van der Waals surface area contributed by atoms with Gasteiger partial charge >= 0.3 is 0 Å². The molecule has 6 nitrogen and oxygen atoms in total. The van der Waals surface area contributed by atoms with E-state index in [1.165, 1.54) is 0 Å². The summed E-state index contributed by atoms with van der Waals surface area (Å²) in [5.74, 6) is -0.349. The smallest absolute Gasteiger partial charge is 0.251 e. The van der Waals surface area contributed by atoms with Gasteiger partial charge in [-0.2, -0.15) is 0 Å². The van der Waals surface area contributed by atoms with Crippen LogP contribution in [0.25, 0.3) is 0 Å². The van der Waals surface area contributed by atoms with Gasteiger partial charge in [-0.15, -0.1) is 0 Å².